The Kier molecular flexibility index (Phi) is 6.96. The van der Waals surface area contributed by atoms with E-state index in [9.17, 15) is 16.8 Å². The highest BCUT2D eigenvalue weighted by Gasteiger charge is 2.26. The molecular formula is C21H25N5O5S2. The van der Waals surface area contributed by atoms with E-state index in [0.29, 0.717) is 37.7 Å². The largest absolute Gasteiger partial charge is 0.492 e. The van der Waals surface area contributed by atoms with Gasteiger partial charge < -0.3 is 4.74 Å². The van der Waals surface area contributed by atoms with Gasteiger partial charge in [0, 0.05) is 19.2 Å². The molecule has 1 fully saturated rings. The summed E-state index contributed by atoms with van der Waals surface area (Å²) in [7, 11) is -7.53. The average molecular weight is 492 g/mol. The Hall–Kier alpha value is -2.96. The lowest BCUT2D eigenvalue weighted by atomic mass is 10.2. The van der Waals surface area contributed by atoms with Crippen LogP contribution < -0.4 is 9.46 Å². The molecule has 3 aromatic rings. The summed E-state index contributed by atoms with van der Waals surface area (Å²) in [6.07, 6.45) is 5.70. The van der Waals surface area contributed by atoms with Crippen LogP contribution in [0.4, 0.5) is 5.69 Å². The number of piperidine rings is 1. The lowest BCUT2D eigenvalue weighted by Crippen LogP contribution is -2.35. The monoisotopic (exact) mass is 491 g/mol. The van der Waals surface area contributed by atoms with E-state index in [4.69, 9.17) is 4.74 Å². The Morgan fingerprint density at radius 3 is 2.36 bits per heavy atom. The van der Waals surface area contributed by atoms with E-state index in [1.165, 1.54) is 34.9 Å². The Balaban J connectivity index is 1.42. The van der Waals surface area contributed by atoms with Crippen molar-refractivity contribution in [3.63, 3.8) is 0 Å². The molecule has 1 aliphatic heterocycles. The zero-order valence-corrected chi connectivity index (χ0v) is 19.5. The standard InChI is InChI=1S/C21H25N5O5S2/c27-32(28,20-7-9-21(10-8-20)33(29,30)26-11-2-1-3-12-26)24-18-5-4-6-19(15-18)31-14-13-25-17-22-16-23-25/h4-10,15-17,24H,1-3,11-14H2. The normalized spacial score (nSPS) is 15.3. The van der Waals surface area contributed by atoms with Crippen LogP contribution in [0.3, 0.4) is 0 Å². The summed E-state index contributed by atoms with van der Waals surface area (Å²) in [5, 5.41) is 3.99. The van der Waals surface area contributed by atoms with Crippen LogP contribution >= 0.6 is 0 Å². The minimum atomic E-state index is -3.91. The number of hydrogen-bond donors (Lipinski definition) is 1. The molecule has 0 aliphatic carbocycles. The lowest BCUT2D eigenvalue weighted by Gasteiger charge is -2.25. The van der Waals surface area contributed by atoms with E-state index in [1.54, 1.807) is 35.3 Å². The maximum atomic E-state index is 12.8. The topological polar surface area (TPSA) is 123 Å². The summed E-state index contributed by atoms with van der Waals surface area (Å²) in [6, 6.07) is 11.9. The molecule has 0 spiro atoms. The van der Waals surface area contributed by atoms with Crippen molar-refractivity contribution in [1.29, 1.82) is 0 Å². The zero-order valence-electron chi connectivity index (χ0n) is 17.9. The molecule has 176 valence electrons. The van der Waals surface area contributed by atoms with Gasteiger partial charge in [-0.3, -0.25) is 4.72 Å². The van der Waals surface area contributed by atoms with Gasteiger partial charge in [-0.05, 0) is 49.2 Å². The number of ether oxygens (including phenoxy) is 1. The third-order valence-electron chi connectivity index (χ3n) is 5.23. The summed E-state index contributed by atoms with van der Waals surface area (Å²) >= 11 is 0. The first-order valence-corrected chi connectivity index (χ1v) is 13.5. The van der Waals surface area contributed by atoms with Crippen LogP contribution in [0, 0.1) is 0 Å². The number of nitrogens with zero attached hydrogens (tertiary/aromatic N) is 4. The second kappa shape index (κ2) is 9.89. The third-order valence-corrected chi connectivity index (χ3v) is 8.54. The van der Waals surface area contributed by atoms with E-state index < -0.39 is 20.0 Å². The summed E-state index contributed by atoms with van der Waals surface area (Å²) < 4.78 is 62.4. The van der Waals surface area contributed by atoms with E-state index in [1.807, 2.05) is 0 Å². The highest BCUT2D eigenvalue weighted by Crippen LogP contribution is 2.24. The van der Waals surface area contributed by atoms with Gasteiger partial charge in [0.2, 0.25) is 10.0 Å². The predicted molar refractivity (Wildman–Crippen MR) is 122 cm³/mol. The van der Waals surface area contributed by atoms with Crippen molar-refractivity contribution in [2.24, 2.45) is 0 Å². The van der Waals surface area contributed by atoms with Gasteiger partial charge in [0.05, 0.1) is 22.0 Å². The van der Waals surface area contributed by atoms with Gasteiger partial charge in [-0.2, -0.15) is 9.40 Å². The Labute approximate surface area is 193 Å². The maximum absolute atomic E-state index is 12.8. The summed E-state index contributed by atoms with van der Waals surface area (Å²) in [5.41, 5.74) is 0.332. The fourth-order valence-electron chi connectivity index (χ4n) is 3.51. The molecule has 1 saturated heterocycles. The number of rotatable bonds is 9. The second-order valence-corrected chi connectivity index (χ2v) is 11.2. The number of nitrogens with one attached hydrogen (secondary N) is 1. The molecule has 0 radical (unpaired) electrons. The first kappa shape index (κ1) is 23.2. The van der Waals surface area contributed by atoms with Crippen LogP contribution in [0.5, 0.6) is 5.75 Å². The molecule has 0 unspecified atom stereocenters. The van der Waals surface area contributed by atoms with Crippen LogP contribution in [-0.2, 0) is 26.6 Å². The Morgan fingerprint density at radius 2 is 1.67 bits per heavy atom. The molecule has 10 nitrogen and oxygen atoms in total. The van der Waals surface area contributed by atoms with Crippen LogP contribution in [0.25, 0.3) is 0 Å². The molecule has 2 heterocycles. The third kappa shape index (κ3) is 5.70. The second-order valence-electron chi connectivity index (χ2n) is 7.58. The van der Waals surface area contributed by atoms with Gasteiger partial charge in [-0.1, -0.05) is 12.5 Å². The van der Waals surface area contributed by atoms with Crippen molar-refractivity contribution in [3.05, 3.63) is 61.2 Å². The number of aromatic nitrogens is 3. The number of hydrogen-bond acceptors (Lipinski definition) is 7. The highest BCUT2D eigenvalue weighted by atomic mass is 32.2. The summed E-state index contributed by atoms with van der Waals surface area (Å²) in [4.78, 5) is 3.92. The van der Waals surface area contributed by atoms with Crippen molar-refractivity contribution < 1.29 is 21.6 Å². The smallest absolute Gasteiger partial charge is 0.261 e. The molecule has 1 aliphatic rings. The number of anilines is 1. The first-order valence-electron chi connectivity index (χ1n) is 10.5. The van der Waals surface area contributed by atoms with Crippen molar-refractivity contribution >= 4 is 25.7 Å². The van der Waals surface area contributed by atoms with E-state index in [0.717, 1.165) is 19.3 Å². The number of benzene rings is 2. The summed E-state index contributed by atoms with van der Waals surface area (Å²) in [5.74, 6) is 0.498. The molecule has 4 rings (SSSR count). The predicted octanol–water partition coefficient (Wildman–Crippen LogP) is 2.33. The molecule has 2 aromatic carbocycles. The molecule has 0 bridgehead atoms. The quantitative estimate of drug-likeness (QED) is 0.487. The molecule has 1 aromatic heterocycles. The lowest BCUT2D eigenvalue weighted by molar-refractivity contribution is 0.291. The van der Waals surface area contributed by atoms with E-state index in [2.05, 4.69) is 14.8 Å². The van der Waals surface area contributed by atoms with Gasteiger partial charge in [-0.15, -0.1) is 0 Å². The summed E-state index contributed by atoms with van der Waals surface area (Å²) in [6.45, 7) is 1.82. The molecule has 33 heavy (non-hydrogen) atoms. The van der Waals surface area contributed by atoms with Gasteiger partial charge in [-0.25, -0.2) is 26.5 Å². The van der Waals surface area contributed by atoms with Crippen LogP contribution in [-0.4, -0.2) is 55.6 Å². The highest BCUT2D eigenvalue weighted by molar-refractivity contribution is 7.92. The molecule has 0 amide bonds. The van der Waals surface area contributed by atoms with Crippen molar-refractivity contribution in [2.75, 3.05) is 24.4 Å². The fourth-order valence-corrected chi connectivity index (χ4v) is 6.08. The van der Waals surface area contributed by atoms with Crippen molar-refractivity contribution in [1.82, 2.24) is 19.1 Å². The van der Waals surface area contributed by atoms with Crippen LogP contribution in [0.2, 0.25) is 0 Å². The zero-order chi connectivity index (χ0) is 23.3. The van der Waals surface area contributed by atoms with Gasteiger partial charge >= 0.3 is 0 Å². The Bertz CT molecular complexity index is 1270. The maximum Gasteiger partial charge on any atom is 0.261 e. The minimum Gasteiger partial charge on any atom is -0.492 e. The van der Waals surface area contributed by atoms with Gasteiger partial charge in [0.15, 0.2) is 0 Å². The van der Waals surface area contributed by atoms with Crippen molar-refractivity contribution in [2.45, 2.75) is 35.6 Å². The molecular weight excluding hydrogens is 466 g/mol. The van der Waals surface area contributed by atoms with E-state index in [-0.39, 0.29) is 9.79 Å². The molecule has 12 heteroatoms. The SMILES string of the molecule is O=S(=O)(Nc1cccc(OCCn2cncn2)c1)c1ccc(S(=O)(=O)N2CCCCC2)cc1. The Morgan fingerprint density at radius 1 is 0.939 bits per heavy atom. The minimum absolute atomic E-state index is 0.0300. The average Bonchev–Trinajstić information content (AvgIpc) is 3.33. The first-order chi connectivity index (χ1) is 15.8. The molecule has 0 saturated carbocycles. The molecule has 0 atom stereocenters. The van der Waals surface area contributed by atoms with E-state index >= 15 is 0 Å². The van der Waals surface area contributed by atoms with Crippen molar-refractivity contribution in [3.8, 4) is 5.75 Å². The van der Waals surface area contributed by atoms with Crippen LogP contribution in [0.1, 0.15) is 19.3 Å². The van der Waals surface area contributed by atoms with Gasteiger partial charge in [0.1, 0.15) is 25.0 Å². The molecule has 1 N–H and O–H groups in total. The van der Waals surface area contributed by atoms with Gasteiger partial charge in [0.25, 0.3) is 10.0 Å². The van der Waals surface area contributed by atoms with Crippen LogP contribution in [0.15, 0.2) is 71.0 Å². The number of sulfonamides is 2. The fraction of sp³-hybridized carbons (Fsp3) is 0.333.